The number of benzene rings is 1. The number of hydrogen-bond acceptors (Lipinski definition) is 7. The molecule has 2 heterocycles. The minimum Gasteiger partial charge on any atom is -0.433 e. The molecule has 1 atom stereocenters. The molecule has 0 N–H and O–H groups in total. The normalized spacial score (nSPS) is 17.9. The summed E-state index contributed by atoms with van der Waals surface area (Å²) in [7, 11) is 1.50. The van der Waals surface area contributed by atoms with Gasteiger partial charge in [-0.1, -0.05) is 29.5 Å². The van der Waals surface area contributed by atoms with E-state index in [2.05, 4.69) is 10.2 Å². The first-order valence-electron chi connectivity index (χ1n) is 7.64. The Bertz CT molecular complexity index is 831. The summed E-state index contributed by atoms with van der Waals surface area (Å²) in [6.07, 6.45) is -5.51. The van der Waals surface area contributed by atoms with Gasteiger partial charge in [-0.15, -0.1) is 10.2 Å². The second kappa shape index (κ2) is 7.72. The van der Waals surface area contributed by atoms with Crippen LogP contribution in [0.4, 0.5) is 27.9 Å². The lowest BCUT2D eigenvalue weighted by atomic mass is 10.3. The van der Waals surface area contributed by atoms with Crippen molar-refractivity contribution in [3.05, 3.63) is 35.3 Å². The molecule has 1 aromatic heterocycles. The maximum Gasteiger partial charge on any atom is 0.445 e. The number of thioether (sulfide) groups is 1. The lowest BCUT2D eigenvalue weighted by molar-refractivity contribution is -0.138. The van der Waals surface area contributed by atoms with Crippen molar-refractivity contribution in [2.45, 2.75) is 23.7 Å². The second-order valence-electron chi connectivity index (χ2n) is 5.49. The van der Waals surface area contributed by atoms with Crippen LogP contribution < -0.4 is 4.90 Å². The van der Waals surface area contributed by atoms with Crippen LogP contribution in [0.2, 0.25) is 0 Å². The van der Waals surface area contributed by atoms with Crippen molar-refractivity contribution in [2.75, 3.05) is 18.5 Å². The van der Waals surface area contributed by atoms with Gasteiger partial charge in [0.25, 0.3) is 0 Å². The van der Waals surface area contributed by atoms with Gasteiger partial charge in [-0.25, -0.2) is 14.5 Å². The Morgan fingerprint density at radius 3 is 2.63 bits per heavy atom. The molecular weight excluding hydrogens is 405 g/mol. The predicted molar refractivity (Wildman–Crippen MR) is 92.6 cm³/mol. The fourth-order valence-corrected chi connectivity index (χ4v) is 3.69. The molecule has 1 unspecified atom stereocenters. The van der Waals surface area contributed by atoms with E-state index in [0.29, 0.717) is 4.90 Å². The van der Waals surface area contributed by atoms with Crippen molar-refractivity contribution in [3.8, 4) is 0 Å². The minimum atomic E-state index is -4.67. The zero-order valence-electron chi connectivity index (χ0n) is 13.8. The number of ether oxygens (including phenoxy) is 1. The predicted octanol–water partition coefficient (Wildman–Crippen LogP) is 4.07. The van der Waals surface area contributed by atoms with E-state index in [4.69, 9.17) is 4.74 Å². The number of rotatable bonds is 3. The van der Waals surface area contributed by atoms with Gasteiger partial charge in [-0.3, -0.25) is 0 Å². The Morgan fingerprint density at radius 2 is 2.00 bits per heavy atom. The van der Waals surface area contributed by atoms with Crippen molar-refractivity contribution < 1.29 is 27.5 Å². The second-order valence-corrected chi connectivity index (χ2v) is 7.45. The molecule has 2 amide bonds. The third-order valence-corrected chi connectivity index (χ3v) is 5.31. The molecule has 0 aliphatic carbocycles. The van der Waals surface area contributed by atoms with Gasteiger partial charge in [-0.05, 0) is 23.9 Å². The fraction of sp³-hybridized carbons (Fsp3) is 0.333. The van der Waals surface area contributed by atoms with Crippen LogP contribution in [0.15, 0.2) is 35.2 Å². The van der Waals surface area contributed by atoms with Gasteiger partial charge in [0.15, 0.2) is 6.23 Å². The molecule has 3 rings (SSSR count). The van der Waals surface area contributed by atoms with Crippen LogP contribution in [-0.4, -0.2) is 46.3 Å². The average molecular weight is 418 g/mol. The largest absolute Gasteiger partial charge is 0.445 e. The number of hydrogen-bond donors (Lipinski definition) is 0. The molecule has 27 heavy (non-hydrogen) atoms. The van der Waals surface area contributed by atoms with Gasteiger partial charge in [-0.2, -0.15) is 13.2 Å². The van der Waals surface area contributed by atoms with Gasteiger partial charge in [0.1, 0.15) is 0 Å². The Labute approximate surface area is 160 Å². The zero-order chi connectivity index (χ0) is 19.6. The summed E-state index contributed by atoms with van der Waals surface area (Å²) in [6, 6.07) is 8.10. The Hall–Kier alpha value is -2.34. The van der Waals surface area contributed by atoms with Crippen LogP contribution in [-0.2, 0) is 10.9 Å². The van der Waals surface area contributed by atoms with Gasteiger partial charge >= 0.3 is 17.5 Å². The van der Waals surface area contributed by atoms with Gasteiger partial charge < -0.3 is 9.64 Å². The van der Waals surface area contributed by atoms with Crippen LogP contribution in [0.1, 0.15) is 11.4 Å². The van der Waals surface area contributed by atoms with E-state index in [9.17, 15) is 22.8 Å². The highest BCUT2D eigenvalue weighted by molar-refractivity contribution is 8.13. The van der Waals surface area contributed by atoms with Crippen molar-refractivity contribution in [2.24, 2.45) is 0 Å². The summed E-state index contributed by atoms with van der Waals surface area (Å²) in [5.41, 5.74) is 0. The zero-order valence-corrected chi connectivity index (χ0v) is 15.5. The number of carbonyl (C=O) groups is 2. The van der Waals surface area contributed by atoms with E-state index >= 15 is 0 Å². The molecule has 1 aliphatic rings. The summed E-state index contributed by atoms with van der Waals surface area (Å²) in [5.74, 6) is 0. The first-order valence-corrected chi connectivity index (χ1v) is 9.27. The standard InChI is InChI=1S/C15H13F3N4O3S2/c1-21-8-7-10(25-14(24)26-9-5-3-2-4-6-9)22(13(21)23)12-20-19-11(27-12)15(16,17)18/h2-6,10H,7-8H2,1H3. The first kappa shape index (κ1) is 19.4. The van der Waals surface area contributed by atoms with E-state index < -0.39 is 28.7 Å². The van der Waals surface area contributed by atoms with Crippen LogP contribution in [0.25, 0.3) is 0 Å². The van der Waals surface area contributed by atoms with Crippen LogP contribution in [0.3, 0.4) is 0 Å². The SMILES string of the molecule is CN1CCC(OC(=O)Sc2ccccc2)N(c2nnc(C(F)(F)F)s2)C1=O. The molecule has 7 nitrogen and oxygen atoms in total. The van der Waals surface area contributed by atoms with Crippen molar-refractivity contribution in [1.29, 1.82) is 0 Å². The Balaban J connectivity index is 1.79. The van der Waals surface area contributed by atoms with E-state index in [0.717, 1.165) is 16.7 Å². The number of aromatic nitrogens is 2. The number of nitrogens with zero attached hydrogens (tertiary/aromatic N) is 4. The monoisotopic (exact) mass is 418 g/mol. The number of carbonyl (C=O) groups excluding carboxylic acids is 2. The summed E-state index contributed by atoms with van der Waals surface area (Å²) in [4.78, 5) is 27.5. The highest BCUT2D eigenvalue weighted by Gasteiger charge is 2.41. The molecule has 12 heteroatoms. The van der Waals surface area contributed by atoms with E-state index in [1.54, 1.807) is 30.3 Å². The molecule has 1 aliphatic heterocycles. The number of alkyl halides is 3. The minimum absolute atomic E-state index is 0.220. The van der Waals surface area contributed by atoms with Gasteiger partial charge in [0, 0.05) is 24.9 Å². The molecule has 1 fully saturated rings. The summed E-state index contributed by atoms with van der Waals surface area (Å²) in [6.45, 7) is 0.286. The van der Waals surface area contributed by atoms with E-state index in [1.165, 1.54) is 11.9 Å². The molecule has 144 valence electrons. The number of urea groups is 1. The molecule has 0 spiro atoms. The van der Waals surface area contributed by atoms with Gasteiger partial charge in [0.05, 0.1) is 0 Å². The highest BCUT2D eigenvalue weighted by atomic mass is 32.2. The summed E-state index contributed by atoms with van der Waals surface area (Å²) < 4.78 is 43.7. The van der Waals surface area contributed by atoms with E-state index in [-0.39, 0.29) is 29.4 Å². The quantitative estimate of drug-likeness (QED) is 0.552. The fourth-order valence-electron chi connectivity index (χ4n) is 2.30. The van der Waals surface area contributed by atoms with Crippen molar-refractivity contribution in [3.63, 3.8) is 0 Å². The number of anilines is 1. The molecular formula is C15H13F3N4O3S2. The van der Waals surface area contributed by atoms with Crippen LogP contribution in [0, 0.1) is 0 Å². The van der Waals surface area contributed by atoms with Crippen molar-refractivity contribution in [1.82, 2.24) is 15.1 Å². The third-order valence-electron chi connectivity index (χ3n) is 3.57. The molecule has 0 saturated carbocycles. The molecule has 0 radical (unpaired) electrons. The summed E-state index contributed by atoms with van der Waals surface area (Å²) in [5, 5.41) is 4.42. The van der Waals surface area contributed by atoms with Crippen LogP contribution >= 0.6 is 23.1 Å². The first-order chi connectivity index (χ1) is 12.8. The highest BCUT2D eigenvalue weighted by Crippen LogP contribution is 2.36. The topological polar surface area (TPSA) is 75.6 Å². The van der Waals surface area contributed by atoms with Crippen molar-refractivity contribution >= 4 is 39.6 Å². The maximum atomic E-state index is 12.8. The van der Waals surface area contributed by atoms with Gasteiger partial charge in [0.2, 0.25) is 10.1 Å². The lowest BCUT2D eigenvalue weighted by Crippen LogP contribution is -2.54. The number of halogens is 3. The molecule has 1 saturated heterocycles. The number of amides is 2. The molecule has 1 aromatic carbocycles. The lowest BCUT2D eigenvalue weighted by Gasteiger charge is -2.37. The summed E-state index contributed by atoms with van der Waals surface area (Å²) >= 11 is 1.04. The smallest absolute Gasteiger partial charge is 0.433 e. The third kappa shape index (κ3) is 4.50. The van der Waals surface area contributed by atoms with Crippen LogP contribution in [0.5, 0.6) is 0 Å². The Morgan fingerprint density at radius 1 is 1.30 bits per heavy atom. The molecule has 2 aromatic rings. The van der Waals surface area contributed by atoms with E-state index in [1.807, 2.05) is 0 Å². The average Bonchev–Trinajstić information content (AvgIpc) is 3.09. The Kier molecular flexibility index (Phi) is 5.56. The maximum absolute atomic E-state index is 12.8. The molecule has 0 bridgehead atoms.